The van der Waals surface area contributed by atoms with Gasteiger partial charge < -0.3 is 20.7 Å². The van der Waals surface area contributed by atoms with Crippen LogP contribution in [0.4, 0.5) is 5.69 Å². The fourth-order valence-corrected chi connectivity index (χ4v) is 1.98. The van der Waals surface area contributed by atoms with Gasteiger partial charge in [-0.2, -0.15) is 0 Å². The molecular formula is C14H25N3O2. The molecule has 0 fully saturated rings. The summed E-state index contributed by atoms with van der Waals surface area (Å²) in [7, 11) is 0. The molecule has 0 bridgehead atoms. The lowest BCUT2D eigenvalue weighted by Gasteiger charge is -2.10. The van der Waals surface area contributed by atoms with Gasteiger partial charge in [-0.05, 0) is 31.2 Å². The fraction of sp³-hybridized carbons (Fsp3) is 0.643. The van der Waals surface area contributed by atoms with Crippen molar-refractivity contribution in [2.45, 2.75) is 39.7 Å². The highest BCUT2D eigenvalue weighted by Crippen LogP contribution is 2.11. The molecule has 0 spiro atoms. The topological polar surface area (TPSA) is 80.3 Å². The number of carbonyl (C=O) groups excluding carboxylic acids is 1. The summed E-state index contributed by atoms with van der Waals surface area (Å²) in [5.74, 6) is 0.207. The van der Waals surface area contributed by atoms with Gasteiger partial charge in [0.15, 0.2) is 0 Å². The zero-order valence-corrected chi connectivity index (χ0v) is 11.9. The lowest BCUT2D eigenvalue weighted by atomic mass is 10.1. The third-order valence-electron chi connectivity index (χ3n) is 3.09. The van der Waals surface area contributed by atoms with E-state index in [1.54, 1.807) is 12.3 Å². The summed E-state index contributed by atoms with van der Waals surface area (Å²) in [6, 6.07) is 1.71. The van der Waals surface area contributed by atoms with Crippen molar-refractivity contribution in [2.24, 2.45) is 5.92 Å². The van der Waals surface area contributed by atoms with E-state index in [-0.39, 0.29) is 18.4 Å². The molecule has 1 rings (SSSR count). The summed E-state index contributed by atoms with van der Waals surface area (Å²) in [6.45, 7) is 5.68. The molecule has 0 aliphatic heterocycles. The van der Waals surface area contributed by atoms with Crippen molar-refractivity contribution in [3.8, 4) is 0 Å². The molecule has 0 aromatic carbocycles. The standard InChI is InChI=1S/C14H25N3O2/c1-3-7-17-9-12(15)8-13(17)14(19)16-6-4-5-11(2)10-18/h8-9,11,18H,3-7,10,15H2,1-2H3,(H,16,19). The second-order valence-electron chi connectivity index (χ2n) is 5.04. The Morgan fingerprint density at radius 3 is 2.95 bits per heavy atom. The van der Waals surface area contributed by atoms with E-state index in [2.05, 4.69) is 12.2 Å². The predicted octanol–water partition coefficient (Wildman–Crippen LogP) is 1.62. The first-order chi connectivity index (χ1) is 9.08. The molecule has 0 saturated carbocycles. The van der Waals surface area contributed by atoms with Gasteiger partial charge >= 0.3 is 0 Å². The van der Waals surface area contributed by atoms with Crippen molar-refractivity contribution in [1.82, 2.24) is 9.88 Å². The molecule has 5 heteroatoms. The van der Waals surface area contributed by atoms with Gasteiger partial charge in [0.25, 0.3) is 5.91 Å². The van der Waals surface area contributed by atoms with Crippen molar-refractivity contribution >= 4 is 11.6 Å². The van der Waals surface area contributed by atoms with Crippen LogP contribution in [-0.2, 0) is 6.54 Å². The molecule has 1 heterocycles. The van der Waals surface area contributed by atoms with Crippen molar-refractivity contribution < 1.29 is 9.90 Å². The number of nitrogens with zero attached hydrogens (tertiary/aromatic N) is 1. The Balaban J connectivity index is 2.45. The summed E-state index contributed by atoms with van der Waals surface area (Å²) in [4.78, 5) is 12.0. The fourth-order valence-electron chi connectivity index (χ4n) is 1.98. The van der Waals surface area contributed by atoms with E-state index in [9.17, 15) is 4.79 Å². The van der Waals surface area contributed by atoms with E-state index in [4.69, 9.17) is 10.8 Å². The van der Waals surface area contributed by atoms with Crippen LogP contribution in [0.1, 0.15) is 43.6 Å². The minimum absolute atomic E-state index is 0.0817. The Bertz CT molecular complexity index is 401. The van der Waals surface area contributed by atoms with Crippen LogP contribution in [0.25, 0.3) is 0 Å². The van der Waals surface area contributed by atoms with Gasteiger partial charge in [0.1, 0.15) is 5.69 Å². The first-order valence-corrected chi connectivity index (χ1v) is 6.93. The van der Waals surface area contributed by atoms with Gasteiger partial charge in [-0.1, -0.05) is 13.8 Å². The number of nitrogens with one attached hydrogen (secondary N) is 1. The normalized spacial score (nSPS) is 12.4. The molecule has 0 radical (unpaired) electrons. The second kappa shape index (κ2) is 7.84. The Kier molecular flexibility index (Phi) is 6.42. The highest BCUT2D eigenvalue weighted by atomic mass is 16.3. The number of anilines is 1. The molecule has 19 heavy (non-hydrogen) atoms. The molecule has 1 unspecified atom stereocenters. The average Bonchev–Trinajstić information content (AvgIpc) is 2.75. The number of nitrogens with two attached hydrogens (primary N) is 1. The van der Waals surface area contributed by atoms with E-state index in [1.165, 1.54) is 0 Å². The Morgan fingerprint density at radius 2 is 2.32 bits per heavy atom. The molecule has 1 aromatic rings. The number of aryl methyl sites for hydroxylation is 1. The molecule has 4 N–H and O–H groups in total. The number of carbonyl (C=O) groups is 1. The van der Waals surface area contributed by atoms with Gasteiger partial charge in [-0.25, -0.2) is 0 Å². The third kappa shape index (κ3) is 4.95. The zero-order valence-electron chi connectivity index (χ0n) is 11.9. The Morgan fingerprint density at radius 1 is 1.58 bits per heavy atom. The van der Waals surface area contributed by atoms with Crippen LogP contribution in [0, 0.1) is 5.92 Å². The summed E-state index contributed by atoms with van der Waals surface area (Å²) in [5.41, 5.74) is 6.97. The third-order valence-corrected chi connectivity index (χ3v) is 3.09. The lowest BCUT2D eigenvalue weighted by molar-refractivity contribution is 0.0942. The van der Waals surface area contributed by atoms with E-state index in [1.807, 2.05) is 11.5 Å². The lowest BCUT2D eigenvalue weighted by Crippen LogP contribution is -2.27. The van der Waals surface area contributed by atoms with Crippen LogP contribution < -0.4 is 11.1 Å². The maximum absolute atomic E-state index is 12.0. The van der Waals surface area contributed by atoms with Crippen LogP contribution in [-0.4, -0.2) is 28.7 Å². The van der Waals surface area contributed by atoms with E-state index < -0.39 is 0 Å². The van der Waals surface area contributed by atoms with Crippen LogP contribution in [0.2, 0.25) is 0 Å². The highest BCUT2D eigenvalue weighted by Gasteiger charge is 2.12. The molecule has 0 aliphatic carbocycles. The number of hydrogen-bond acceptors (Lipinski definition) is 3. The molecule has 1 aromatic heterocycles. The number of rotatable bonds is 8. The minimum Gasteiger partial charge on any atom is -0.397 e. The molecule has 0 saturated heterocycles. The first kappa shape index (κ1) is 15.6. The number of nitrogen functional groups attached to an aromatic ring is 1. The summed E-state index contributed by atoms with van der Waals surface area (Å²) in [5, 5.41) is 11.8. The van der Waals surface area contributed by atoms with E-state index >= 15 is 0 Å². The molecule has 5 nitrogen and oxygen atoms in total. The summed E-state index contributed by atoms with van der Waals surface area (Å²) in [6.07, 6.45) is 4.54. The van der Waals surface area contributed by atoms with Crippen LogP contribution >= 0.6 is 0 Å². The SMILES string of the molecule is CCCn1cc(N)cc1C(=O)NCCCC(C)CO. The molecule has 1 atom stereocenters. The van der Waals surface area contributed by atoms with E-state index in [0.717, 1.165) is 25.8 Å². The van der Waals surface area contributed by atoms with Crippen LogP contribution in [0.15, 0.2) is 12.3 Å². The van der Waals surface area contributed by atoms with Crippen molar-refractivity contribution in [3.63, 3.8) is 0 Å². The van der Waals surface area contributed by atoms with Crippen LogP contribution in [0.3, 0.4) is 0 Å². The number of aromatic nitrogens is 1. The highest BCUT2D eigenvalue weighted by molar-refractivity contribution is 5.93. The summed E-state index contributed by atoms with van der Waals surface area (Å²) >= 11 is 0. The molecule has 108 valence electrons. The van der Waals surface area contributed by atoms with Gasteiger partial charge in [0.05, 0.1) is 5.69 Å². The monoisotopic (exact) mass is 267 g/mol. The number of aliphatic hydroxyl groups is 1. The largest absolute Gasteiger partial charge is 0.397 e. The Hall–Kier alpha value is -1.49. The molecule has 0 aliphatic rings. The average molecular weight is 267 g/mol. The maximum Gasteiger partial charge on any atom is 0.267 e. The van der Waals surface area contributed by atoms with Gasteiger partial charge in [0, 0.05) is 25.9 Å². The Labute approximate surface area is 114 Å². The summed E-state index contributed by atoms with van der Waals surface area (Å²) < 4.78 is 1.89. The smallest absolute Gasteiger partial charge is 0.267 e. The van der Waals surface area contributed by atoms with Gasteiger partial charge in [-0.15, -0.1) is 0 Å². The van der Waals surface area contributed by atoms with Crippen molar-refractivity contribution in [2.75, 3.05) is 18.9 Å². The molecular weight excluding hydrogens is 242 g/mol. The minimum atomic E-state index is -0.0817. The van der Waals surface area contributed by atoms with Crippen molar-refractivity contribution in [1.29, 1.82) is 0 Å². The molecule has 1 amide bonds. The van der Waals surface area contributed by atoms with Crippen LogP contribution in [0.5, 0.6) is 0 Å². The maximum atomic E-state index is 12.0. The van der Waals surface area contributed by atoms with Gasteiger partial charge in [0.2, 0.25) is 0 Å². The van der Waals surface area contributed by atoms with Crippen molar-refractivity contribution in [3.05, 3.63) is 18.0 Å². The first-order valence-electron chi connectivity index (χ1n) is 6.93. The number of aliphatic hydroxyl groups excluding tert-OH is 1. The van der Waals surface area contributed by atoms with E-state index in [0.29, 0.717) is 17.9 Å². The number of amides is 1. The van der Waals surface area contributed by atoms with Gasteiger partial charge in [-0.3, -0.25) is 4.79 Å². The second-order valence-corrected chi connectivity index (χ2v) is 5.04. The number of hydrogen-bond donors (Lipinski definition) is 3. The quantitative estimate of drug-likeness (QED) is 0.626. The predicted molar refractivity (Wildman–Crippen MR) is 77.0 cm³/mol. The zero-order chi connectivity index (χ0) is 14.3.